The maximum absolute atomic E-state index is 5.83. The molecule has 3 heteroatoms. The largest absolute Gasteiger partial charge is 0.489 e. The maximum Gasteiger partial charge on any atom is 0.127 e. The van der Waals surface area contributed by atoms with E-state index in [2.05, 4.69) is 6.92 Å². The number of ether oxygens (including phenoxy) is 2. The second-order valence-electron chi connectivity index (χ2n) is 4.65. The van der Waals surface area contributed by atoms with Crippen molar-refractivity contribution in [2.75, 3.05) is 6.54 Å². The number of rotatable bonds is 7. The molecule has 0 heterocycles. The van der Waals surface area contributed by atoms with Crippen molar-refractivity contribution in [1.29, 1.82) is 0 Å². The van der Waals surface area contributed by atoms with E-state index in [-0.39, 0.29) is 6.10 Å². The van der Waals surface area contributed by atoms with Crippen molar-refractivity contribution < 1.29 is 9.47 Å². The van der Waals surface area contributed by atoms with Gasteiger partial charge in [0.1, 0.15) is 23.4 Å². The van der Waals surface area contributed by atoms with Gasteiger partial charge in [0.15, 0.2) is 0 Å². The zero-order valence-corrected chi connectivity index (χ0v) is 11.8. The number of nitrogens with two attached hydrogens (primary N) is 1. The SMILES string of the molecule is CCCC(CN)Oc1ccc(Oc2ccccc2)cc1. The first-order chi connectivity index (χ1) is 9.81. The molecule has 2 aromatic carbocycles. The van der Waals surface area contributed by atoms with Crippen LogP contribution in [0.15, 0.2) is 54.6 Å². The van der Waals surface area contributed by atoms with Crippen LogP contribution in [-0.4, -0.2) is 12.6 Å². The summed E-state index contributed by atoms with van der Waals surface area (Å²) in [6.07, 6.45) is 2.12. The van der Waals surface area contributed by atoms with Crippen molar-refractivity contribution in [3.8, 4) is 17.2 Å². The fraction of sp³-hybridized carbons (Fsp3) is 0.294. The predicted octanol–water partition coefficient (Wildman–Crippen LogP) is 3.99. The summed E-state index contributed by atoms with van der Waals surface area (Å²) >= 11 is 0. The van der Waals surface area contributed by atoms with E-state index in [0.29, 0.717) is 6.54 Å². The Morgan fingerprint density at radius 3 is 2.10 bits per heavy atom. The van der Waals surface area contributed by atoms with Gasteiger partial charge in [0, 0.05) is 6.54 Å². The minimum atomic E-state index is 0.0842. The van der Waals surface area contributed by atoms with E-state index in [1.807, 2.05) is 54.6 Å². The molecule has 0 amide bonds. The number of benzene rings is 2. The van der Waals surface area contributed by atoms with E-state index in [9.17, 15) is 0 Å². The molecule has 0 aliphatic carbocycles. The fourth-order valence-electron chi connectivity index (χ4n) is 1.95. The molecule has 0 aliphatic rings. The van der Waals surface area contributed by atoms with Crippen molar-refractivity contribution in [2.24, 2.45) is 5.73 Å². The molecule has 2 rings (SSSR count). The third kappa shape index (κ3) is 4.28. The van der Waals surface area contributed by atoms with E-state index in [4.69, 9.17) is 15.2 Å². The molecule has 0 saturated heterocycles. The highest BCUT2D eigenvalue weighted by Gasteiger charge is 2.07. The van der Waals surface area contributed by atoms with Crippen LogP contribution < -0.4 is 15.2 Å². The topological polar surface area (TPSA) is 44.5 Å². The summed E-state index contributed by atoms with van der Waals surface area (Å²) < 4.78 is 11.6. The Hall–Kier alpha value is -2.00. The maximum atomic E-state index is 5.83. The Kier molecular flexibility index (Phi) is 5.44. The van der Waals surface area contributed by atoms with Gasteiger partial charge in [0.2, 0.25) is 0 Å². The zero-order chi connectivity index (χ0) is 14.2. The van der Waals surface area contributed by atoms with E-state index in [1.54, 1.807) is 0 Å². The lowest BCUT2D eigenvalue weighted by Crippen LogP contribution is -2.26. The van der Waals surface area contributed by atoms with Gasteiger partial charge in [-0.1, -0.05) is 31.5 Å². The third-order valence-corrected chi connectivity index (χ3v) is 2.98. The normalized spacial score (nSPS) is 11.9. The highest BCUT2D eigenvalue weighted by atomic mass is 16.5. The predicted molar refractivity (Wildman–Crippen MR) is 81.3 cm³/mol. The van der Waals surface area contributed by atoms with Gasteiger partial charge in [-0.25, -0.2) is 0 Å². The summed E-state index contributed by atoms with van der Waals surface area (Å²) in [4.78, 5) is 0. The molecule has 1 unspecified atom stereocenters. The lowest BCUT2D eigenvalue weighted by Gasteiger charge is -2.16. The average molecular weight is 271 g/mol. The van der Waals surface area contributed by atoms with Crippen LogP contribution in [-0.2, 0) is 0 Å². The van der Waals surface area contributed by atoms with E-state index >= 15 is 0 Å². The minimum absolute atomic E-state index is 0.0842. The van der Waals surface area contributed by atoms with Gasteiger partial charge in [-0.3, -0.25) is 0 Å². The van der Waals surface area contributed by atoms with E-state index < -0.39 is 0 Å². The molecule has 3 nitrogen and oxygen atoms in total. The molecule has 1 atom stereocenters. The van der Waals surface area contributed by atoms with Gasteiger partial charge in [0.25, 0.3) is 0 Å². The first-order valence-electron chi connectivity index (χ1n) is 7.01. The number of hydrogen-bond acceptors (Lipinski definition) is 3. The Morgan fingerprint density at radius 2 is 1.50 bits per heavy atom. The van der Waals surface area contributed by atoms with Crippen molar-refractivity contribution in [3.05, 3.63) is 54.6 Å². The Bertz CT molecular complexity index is 496. The van der Waals surface area contributed by atoms with Crippen LogP contribution in [0.2, 0.25) is 0 Å². The van der Waals surface area contributed by atoms with Crippen LogP contribution in [0.4, 0.5) is 0 Å². The second-order valence-corrected chi connectivity index (χ2v) is 4.65. The van der Waals surface area contributed by atoms with Crippen LogP contribution in [0.5, 0.6) is 17.2 Å². The quantitative estimate of drug-likeness (QED) is 0.828. The molecule has 0 bridgehead atoms. The number of para-hydroxylation sites is 1. The highest BCUT2D eigenvalue weighted by molar-refractivity contribution is 5.35. The van der Waals surface area contributed by atoms with E-state index in [0.717, 1.165) is 30.1 Å². The third-order valence-electron chi connectivity index (χ3n) is 2.98. The second kappa shape index (κ2) is 7.56. The standard InChI is InChI=1S/C17H21NO2/c1-2-6-17(13-18)20-16-11-9-15(10-12-16)19-14-7-4-3-5-8-14/h3-5,7-12,17H,2,6,13,18H2,1H3. The molecular formula is C17H21NO2. The molecular weight excluding hydrogens is 250 g/mol. The molecule has 0 aromatic heterocycles. The summed E-state index contributed by atoms with van der Waals surface area (Å²) in [5.41, 5.74) is 5.69. The molecule has 0 radical (unpaired) electrons. The summed E-state index contributed by atoms with van der Waals surface area (Å²) in [5, 5.41) is 0. The monoisotopic (exact) mass is 271 g/mol. The molecule has 0 aliphatic heterocycles. The molecule has 106 valence electrons. The first-order valence-corrected chi connectivity index (χ1v) is 7.01. The first kappa shape index (κ1) is 14.4. The Labute approximate surface area is 120 Å². The van der Waals surface area contributed by atoms with Crippen molar-refractivity contribution in [1.82, 2.24) is 0 Å². The molecule has 0 spiro atoms. The minimum Gasteiger partial charge on any atom is -0.489 e. The van der Waals surface area contributed by atoms with Gasteiger partial charge in [0.05, 0.1) is 0 Å². The van der Waals surface area contributed by atoms with Gasteiger partial charge < -0.3 is 15.2 Å². The lowest BCUT2D eigenvalue weighted by atomic mass is 10.2. The fourth-order valence-corrected chi connectivity index (χ4v) is 1.95. The summed E-state index contributed by atoms with van der Waals surface area (Å²) in [6, 6.07) is 17.3. The van der Waals surface area contributed by atoms with E-state index in [1.165, 1.54) is 0 Å². The summed E-state index contributed by atoms with van der Waals surface area (Å²) in [6.45, 7) is 2.67. The molecule has 2 N–H and O–H groups in total. The Balaban J connectivity index is 1.96. The lowest BCUT2D eigenvalue weighted by molar-refractivity contribution is 0.198. The van der Waals surface area contributed by atoms with Crippen LogP contribution >= 0.6 is 0 Å². The van der Waals surface area contributed by atoms with Gasteiger partial charge >= 0.3 is 0 Å². The van der Waals surface area contributed by atoms with Crippen LogP contribution in [0.25, 0.3) is 0 Å². The summed E-state index contributed by atoms with van der Waals surface area (Å²) in [7, 11) is 0. The molecule has 2 aromatic rings. The van der Waals surface area contributed by atoms with Crippen molar-refractivity contribution in [3.63, 3.8) is 0 Å². The number of hydrogen-bond donors (Lipinski definition) is 1. The smallest absolute Gasteiger partial charge is 0.127 e. The molecule has 0 fully saturated rings. The van der Waals surface area contributed by atoms with Crippen molar-refractivity contribution >= 4 is 0 Å². The van der Waals surface area contributed by atoms with Gasteiger partial charge in [-0.05, 0) is 42.8 Å². The van der Waals surface area contributed by atoms with Gasteiger partial charge in [-0.2, -0.15) is 0 Å². The van der Waals surface area contributed by atoms with Crippen molar-refractivity contribution in [2.45, 2.75) is 25.9 Å². The Morgan fingerprint density at radius 1 is 0.900 bits per heavy atom. The molecule has 20 heavy (non-hydrogen) atoms. The van der Waals surface area contributed by atoms with Crippen LogP contribution in [0, 0.1) is 0 Å². The molecule has 0 saturated carbocycles. The van der Waals surface area contributed by atoms with Gasteiger partial charge in [-0.15, -0.1) is 0 Å². The summed E-state index contributed by atoms with van der Waals surface area (Å²) in [5.74, 6) is 2.45. The average Bonchev–Trinajstić information content (AvgIpc) is 2.50. The highest BCUT2D eigenvalue weighted by Crippen LogP contribution is 2.24. The van der Waals surface area contributed by atoms with Crippen LogP contribution in [0.1, 0.15) is 19.8 Å². The van der Waals surface area contributed by atoms with Crippen LogP contribution in [0.3, 0.4) is 0 Å². The zero-order valence-electron chi connectivity index (χ0n) is 11.8.